The normalized spacial score (nSPS) is 11.7. The molecule has 0 amide bonds. The number of benzene rings is 1. The Labute approximate surface area is 173 Å². The van der Waals surface area contributed by atoms with Crippen molar-refractivity contribution in [2.24, 2.45) is 0 Å². The second kappa shape index (κ2) is 10.7. The van der Waals surface area contributed by atoms with E-state index in [2.05, 4.69) is 9.71 Å². The third-order valence-electron chi connectivity index (χ3n) is 3.99. The highest BCUT2D eigenvalue weighted by molar-refractivity contribution is 7.99. The van der Waals surface area contributed by atoms with E-state index in [0.717, 1.165) is 6.26 Å². The van der Waals surface area contributed by atoms with Crippen LogP contribution in [0.3, 0.4) is 0 Å². The van der Waals surface area contributed by atoms with Crippen molar-refractivity contribution in [2.45, 2.75) is 24.5 Å². The lowest BCUT2D eigenvalue weighted by molar-refractivity contribution is 0.0601. The van der Waals surface area contributed by atoms with Crippen molar-refractivity contribution in [1.29, 1.82) is 0 Å². The summed E-state index contributed by atoms with van der Waals surface area (Å²) < 4.78 is 36.1. The molecule has 1 heterocycles. The molecule has 0 saturated carbocycles. The number of nitrogens with zero attached hydrogens (tertiary/aromatic N) is 2. The largest absolute Gasteiger partial charge is 0.465 e. The minimum absolute atomic E-state index is 0.195. The Morgan fingerprint density at radius 3 is 2.69 bits per heavy atom. The van der Waals surface area contributed by atoms with Crippen molar-refractivity contribution in [3.63, 3.8) is 0 Å². The van der Waals surface area contributed by atoms with Gasteiger partial charge < -0.3 is 9.47 Å². The van der Waals surface area contributed by atoms with E-state index in [-0.39, 0.29) is 5.56 Å². The van der Waals surface area contributed by atoms with E-state index < -0.39 is 16.0 Å². The zero-order valence-corrected chi connectivity index (χ0v) is 18.3. The molecule has 0 fully saturated rings. The van der Waals surface area contributed by atoms with E-state index in [1.54, 1.807) is 23.8 Å². The molecule has 2 rings (SSSR count). The Kier molecular flexibility index (Phi) is 8.62. The summed E-state index contributed by atoms with van der Waals surface area (Å²) >= 11 is 1.36. The minimum atomic E-state index is -3.23. The van der Waals surface area contributed by atoms with E-state index in [1.807, 2.05) is 0 Å². The van der Waals surface area contributed by atoms with Crippen LogP contribution in [0, 0.1) is 0 Å². The van der Waals surface area contributed by atoms with Gasteiger partial charge in [0.25, 0.3) is 5.56 Å². The number of ether oxygens (including phenoxy) is 2. The minimum Gasteiger partial charge on any atom is -0.465 e. The number of nitrogens with one attached hydrogen (secondary N) is 1. The number of aromatic nitrogens is 2. The molecule has 1 aromatic carbocycles. The van der Waals surface area contributed by atoms with Gasteiger partial charge in [0, 0.05) is 32.6 Å². The van der Waals surface area contributed by atoms with Gasteiger partial charge in [-0.3, -0.25) is 9.36 Å². The number of rotatable bonds is 11. The van der Waals surface area contributed by atoms with Gasteiger partial charge in [-0.25, -0.2) is 22.9 Å². The Balaban J connectivity index is 2.30. The van der Waals surface area contributed by atoms with E-state index in [4.69, 9.17) is 9.47 Å². The molecule has 0 saturated heterocycles. The number of thioether (sulfide) groups is 1. The average molecular weight is 444 g/mol. The highest BCUT2D eigenvalue weighted by Crippen LogP contribution is 2.20. The van der Waals surface area contributed by atoms with Gasteiger partial charge in [0.1, 0.15) is 0 Å². The maximum Gasteiger partial charge on any atom is 0.337 e. The van der Waals surface area contributed by atoms with Gasteiger partial charge >= 0.3 is 5.97 Å². The van der Waals surface area contributed by atoms with Gasteiger partial charge in [-0.05, 0) is 31.0 Å². The molecular formula is C18H25N3O6S2. The second-order valence-corrected chi connectivity index (χ2v) is 9.18. The third-order valence-corrected chi connectivity index (χ3v) is 5.78. The highest BCUT2D eigenvalue weighted by Gasteiger charge is 2.14. The van der Waals surface area contributed by atoms with Gasteiger partial charge in [0.2, 0.25) is 10.0 Å². The first-order valence-corrected chi connectivity index (χ1v) is 11.8. The van der Waals surface area contributed by atoms with Crippen LogP contribution in [-0.4, -0.2) is 63.3 Å². The molecule has 11 heteroatoms. The second-order valence-electron chi connectivity index (χ2n) is 6.29. The van der Waals surface area contributed by atoms with Gasteiger partial charge in [0.15, 0.2) is 5.16 Å². The maximum atomic E-state index is 13.0. The van der Waals surface area contributed by atoms with Crippen LogP contribution >= 0.6 is 11.8 Å². The topological polar surface area (TPSA) is 117 Å². The number of sulfonamides is 1. The fraction of sp³-hybridized carbons (Fsp3) is 0.500. The molecule has 0 atom stereocenters. The van der Waals surface area contributed by atoms with Gasteiger partial charge in [0.05, 0.1) is 29.8 Å². The summed E-state index contributed by atoms with van der Waals surface area (Å²) in [6.45, 7) is 1.26. The number of esters is 1. The molecule has 2 aromatic rings. The predicted octanol–water partition coefficient (Wildman–Crippen LogP) is 1.25. The van der Waals surface area contributed by atoms with E-state index in [1.165, 1.54) is 24.9 Å². The lowest BCUT2D eigenvalue weighted by atomic mass is 10.1. The molecule has 0 aliphatic carbocycles. The fourth-order valence-corrected chi connectivity index (χ4v) is 4.09. The predicted molar refractivity (Wildman–Crippen MR) is 112 cm³/mol. The quantitative estimate of drug-likeness (QED) is 0.239. The molecule has 29 heavy (non-hydrogen) atoms. The maximum absolute atomic E-state index is 13.0. The van der Waals surface area contributed by atoms with Crippen LogP contribution < -0.4 is 10.3 Å². The number of hydrogen-bond acceptors (Lipinski definition) is 8. The molecule has 0 bridgehead atoms. The number of carbonyl (C=O) groups is 1. The first-order chi connectivity index (χ1) is 13.8. The van der Waals surface area contributed by atoms with Crippen LogP contribution in [0.15, 0.2) is 28.2 Å². The fourth-order valence-electron chi connectivity index (χ4n) is 2.61. The summed E-state index contributed by atoms with van der Waals surface area (Å²) in [5.74, 6) is 0.0700. The van der Waals surface area contributed by atoms with E-state index >= 15 is 0 Å². The Morgan fingerprint density at radius 1 is 1.28 bits per heavy atom. The number of fused-ring (bicyclic) bond motifs is 1. The molecule has 160 valence electrons. The molecule has 0 unspecified atom stereocenters. The van der Waals surface area contributed by atoms with Crippen LogP contribution in [0.1, 0.15) is 23.2 Å². The Bertz CT molecular complexity index is 1020. The molecular weight excluding hydrogens is 418 g/mol. The summed E-state index contributed by atoms with van der Waals surface area (Å²) in [6.07, 6.45) is 2.33. The van der Waals surface area contributed by atoms with Crippen LogP contribution in [0.25, 0.3) is 10.9 Å². The van der Waals surface area contributed by atoms with Crippen LogP contribution in [0.5, 0.6) is 0 Å². The first kappa shape index (κ1) is 23.3. The molecule has 0 radical (unpaired) electrons. The van der Waals surface area contributed by atoms with Crippen LogP contribution in [-0.2, 0) is 26.0 Å². The summed E-state index contributed by atoms with van der Waals surface area (Å²) in [5.41, 5.74) is 0.536. The summed E-state index contributed by atoms with van der Waals surface area (Å²) in [7, 11) is -0.342. The molecule has 0 spiro atoms. The highest BCUT2D eigenvalue weighted by atomic mass is 32.2. The van der Waals surface area contributed by atoms with Crippen LogP contribution in [0.2, 0.25) is 0 Å². The average Bonchev–Trinajstić information content (AvgIpc) is 2.68. The van der Waals surface area contributed by atoms with Gasteiger partial charge in [-0.15, -0.1) is 0 Å². The lowest BCUT2D eigenvalue weighted by Crippen LogP contribution is -2.25. The van der Waals surface area contributed by atoms with Crippen molar-refractivity contribution in [3.8, 4) is 0 Å². The standard InChI is InChI=1S/C18H25N3O6S2/c1-26-10-5-9-21-16(22)14-7-6-13(17(23)27-2)12-15(14)20-18(21)28-11-4-8-19-29(3,24)25/h6-7,12,19H,4-5,8-11H2,1-3H3. The van der Waals surface area contributed by atoms with Crippen LogP contribution in [0.4, 0.5) is 0 Å². The zero-order valence-electron chi connectivity index (χ0n) is 16.6. The number of hydrogen-bond donors (Lipinski definition) is 1. The summed E-state index contributed by atoms with van der Waals surface area (Å²) in [6, 6.07) is 4.66. The van der Waals surface area contributed by atoms with Crippen molar-refractivity contribution >= 4 is 38.7 Å². The first-order valence-electron chi connectivity index (χ1n) is 8.96. The lowest BCUT2D eigenvalue weighted by Gasteiger charge is -2.13. The summed E-state index contributed by atoms with van der Waals surface area (Å²) in [4.78, 5) is 29.3. The van der Waals surface area contributed by atoms with Crippen molar-refractivity contribution < 1.29 is 22.7 Å². The zero-order chi connectivity index (χ0) is 21.4. The van der Waals surface area contributed by atoms with Crippen molar-refractivity contribution in [3.05, 3.63) is 34.1 Å². The monoisotopic (exact) mass is 443 g/mol. The van der Waals surface area contributed by atoms with E-state index in [9.17, 15) is 18.0 Å². The summed E-state index contributed by atoms with van der Waals surface area (Å²) in [5, 5.41) is 0.929. The smallest absolute Gasteiger partial charge is 0.337 e. The molecule has 9 nitrogen and oxygen atoms in total. The van der Waals surface area contributed by atoms with Gasteiger partial charge in [-0.1, -0.05) is 11.8 Å². The molecule has 1 aromatic heterocycles. The molecule has 0 aliphatic heterocycles. The van der Waals surface area contributed by atoms with Crippen molar-refractivity contribution in [2.75, 3.05) is 39.4 Å². The Morgan fingerprint density at radius 2 is 2.03 bits per heavy atom. The number of methoxy groups -OCH3 is 2. The molecule has 0 aliphatic rings. The van der Waals surface area contributed by atoms with Crippen molar-refractivity contribution in [1.82, 2.24) is 14.3 Å². The van der Waals surface area contributed by atoms with E-state index in [0.29, 0.717) is 59.9 Å². The molecule has 1 N–H and O–H groups in total. The SMILES string of the molecule is COCCCn1c(SCCCNS(C)(=O)=O)nc2cc(C(=O)OC)ccc2c1=O. The Hall–Kier alpha value is -1.95. The third kappa shape index (κ3) is 6.81. The number of carbonyl (C=O) groups excluding carboxylic acids is 1. The van der Waals surface area contributed by atoms with Gasteiger partial charge in [-0.2, -0.15) is 0 Å².